The molecule has 2 aromatic rings. The number of piperidine rings is 1. The summed E-state index contributed by atoms with van der Waals surface area (Å²) in [6, 6.07) is 0.214. The van der Waals surface area contributed by atoms with Crippen molar-refractivity contribution >= 4 is 40.9 Å². The molecular formula is C11H15Cl2N5. The largest absolute Gasteiger partial charge is 0.354 e. The highest BCUT2D eigenvalue weighted by atomic mass is 35.5. The van der Waals surface area contributed by atoms with Gasteiger partial charge in [0.25, 0.3) is 0 Å². The van der Waals surface area contributed by atoms with Crippen LogP contribution in [-0.2, 0) is 0 Å². The van der Waals surface area contributed by atoms with E-state index in [1.807, 2.05) is 0 Å². The number of hydrogen-bond donors (Lipinski definition) is 2. The first-order valence-corrected chi connectivity index (χ1v) is 6.11. The van der Waals surface area contributed by atoms with Gasteiger partial charge in [-0.1, -0.05) is 11.6 Å². The van der Waals surface area contributed by atoms with Gasteiger partial charge in [0.1, 0.15) is 17.8 Å². The van der Waals surface area contributed by atoms with Crippen LogP contribution in [0.2, 0.25) is 5.02 Å². The molecule has 1 aliphatic rings. The van der Waals surface area contributed by atoms with Crippen molar-refractivity contribution in [2.75, 3.05) is 18.0 Å². The summed E-state index contributed by atoms with van der Waals surface area (Å²) in [5, 5.41) is 1.55. The SMILES string of the molecule is Cl.N[C@@H]1CCCN(c2ncnc3[nH]cc(Cl)c23)C1. The molecule has 0 radical (unpaired) electrons. The minimum atomic E-state index is 0. The summed E-state index contributed by atoms with van der Waals surface area (Å²) in [6.45, 7) is 1.80. The number of aromatic amines is 1. The average molecular weight is 288 g/mol. The monoisotopic (exact) mass is 287 g/mol. The van der Waals surface area contributed by atoms with Crippen LogP contribution in [0.25, 0.3) is 11.0 Å². The first-order chi connectivity index (χ1) is 8.25. The van der Waals surface area contributed by atoms with Crippen LogP contribution in [0.4, 0.5) is 5.82 Å². The number of nitrogens with two attached hydrogens (primary N) is 1. The molecule has 0 aliphatic carbocycles. The summed E-state index contributed by atoms with van der Waals surface area (Å²) in [4.78, 5) is 13.8. The molecule has 1 atom stereocenters. The molecule has 0 bridgehead atoms. The Morgan fingerprint density at radius 2 is 2.28 bits per heavy atom. The molecule has 0 amide bonds. The van der Waals surface area contributed by atoms with Crippen molar-refractivity contribution in [2.45, 2.75) is 18.9 Å². The summed E-state index contributed by atoms with van der Waals surface area (Å²) in [5.41, 5.74) is 6.77. The van der Waals surface area contributed by atoms with Crippen LogP contribution in [0.1, 0.15) is 12.8 Å². The Hall–Kier alpha value is -1.04. The van der Waals surface area contributed by atoms with Crippen molar-refractivity contribution in [2.24, 2.45) is 5.73 Å². The van der Waals surface area contributed by atoms with Crippen LogP contribution >= 0.6 is 24.0 Å². The predicted molar refractivity (Wildman–Crippen MR) is 75.6 cm³/mol. The van der Waals surface area contributed by atoms with Crippen LogP contribution in [0.15, 0.2) is 12.5 Å². The van der Waals surface area contributed by atoms with Gasteiger partial charge in [0.05, 0.1) is 10.4 Å². The second-order valence-corrected chi connectivity index (χ2v) is 4.81. The Kier molecular flexibility index (Phi) is 3.94. The molecule has 7 heteroatoms. The summed E-state index contributed by atoms with van der Waals surface area (Å²) in [5.74, 6) is 0.886. The van der Waals surface area contributed by atoms with Gasteiger partial charge in [-0.2, -0.15) is 0 Å². The fourth-order valence-corrected chi connectivity index (χ4v) is 2.58. The quantitative estimate of drug-likeness (QED) is 0.841. The number of nitrogens with one attached hydrogen (secondary N) is 1. The minimum absolute atomic E-state index is 0. The van der Waals surface area contributed by atoms with Crippen LogP contribution in [-0.4, -0.2) is 34.1 Å². The first kappa shape index (κ1) is 13.4. The Morgan fingerprint density at radius 3 is 3.06 bits per heavy atom. The Bertz CT molecular complexity index is 541. The van der Waals surface area contributed by atoms with Gasteiger partial charge in [-0.3, -0.25) is 0 Å². The number of rotatable bonds is 1. The molecule has 2 aromatic heterocycles. The maximum Gasteiger partial charge on any atom is 0.144 e. The van der Waals surface area contributed by atoms with Crippen LogP contribution in [0.3, 0.4) is 0 Å². The highest BCUT2D eigenvalue weighted by Crippen LogP contribution is 2.30. The molecule has 0 saturated carbocycles. The molecule has 0 aromatic carbocycles. The number of halogens is 2. The highest BCUT2D eigenvalue weighted by Gasteiger charge is 2.21. The molecule has 1 saturated heterocycles. The van der Waals surface area contributed by atoms with Crippen LogP contribution < -0.4 is 10.6 Å². The molecule has 3 rings (SSSR count). The van der Waals surface area contributed by atoms with Gasteiger partial charge in [-0.05, 0) is 12.8 Å². The van der Waals surface area contributed by atoms with Gasteiger partial charge in [0.15, 0.2) is 0 Å². The van der Waals surface area contributed by atoms with Crippen molar-refractivity contribution in [1.29, 1.82) is 0 Å². The zero-order chi connectivity index (χ0) is 11.8. The van der Waals surface area contributed by atoms with Crippen LogP contribution in [0.5, 0.6) is 0 Å². The fourth-order valence-electron chi connectivity index (χ4n) is 2.35. The number of aromatic nitrogens is 3. The van der Waals surface area contributed by atoms with Gasteiger partial charge in [0.2, 0.25) is 0 Å². The molecule has 3 N–H and O–H groups in total. The third-order valence-electron chi connectivity index (χ3n) is 3.16. The van der Waals surface area contributed by atoms with E-state index in [1.54, 1.807) is 12.5 Å². The van der Waals surface area contributed by atoms with E-state index in [1.165, 1.54) is 0 Å². The van der Waals surface area contributed by atoms with E-state index in [9.17, 15) is 0 Å². The molecule has 3 heterocycles. The van der Waals surface area contributed by atoms with E-state index in [0.717, 1.165) is 42.8 Å². The van der Waals surface area contributed by atoms with Crippen molar-refractivity contribution in [3.8, 4) is 0 Å². The van der Waals surface area contributed by atoms with E-state index in [2.05, 4.69) is 19.9 Å². The average Bonchev–Trinajstić information content (AvgIpc) is 2.71. The van der Waals surface area contributed by atoms with E-state index in [-0.39, 0.29) is 18.4 Å². The summed E-state index contributed by atoms with van der Waals surface area (Å²) >= 11 is 6.16. The zero-order valence-corrected chi connectivity index (χ0v) is 11.3. The summed E-state index contributed by atoms with van der Waals surface area (Å²) < 4.78 is 0. The van der Waals surface area contributed by atoms with E-state index in [4.69, 9.17) is 17.3 Å². The summed E-state index contributed by atoms with van der Waals surface area (Å²) in [7, 11) is 0. The lowest BCUT2D eigenvalue weighted by Gasteiger charge is -2.31. The third kappa shape index (κ3) is 2.25. The number of anilines is 1. The lowest BCUT2D eigenvalue weighted by atomic mass is 10.1. The highest BCUT2D eigenvalue weighted by molar-refractivity contribution is 6.36. The third-order valence-corrected chi connectivity index (χ3v) is 3.46. The maximum absolute atomic E-state index is 6.16. The topological polar surface area (TPSA) is 70.8 Å². The predicted octanol–water partition coefficient (Wildman–Crippen LogP) is 1.96. The molecule has 1 fully saturated rings. The molecule has 0 unspecified atom stereocenters. The second-order valence-electron chi connectivity index (χ2n) is 4.41. The van der Waals surface area contributed by atoms with Gasteiger partial charge in [0, 0.05) is 25.3 Å². The molecule has 98 valence electrons. The normalized spacial score (nSPS) is 19.9. The standard InChI is InChI=1S/C11H14ClN5.ClH/c12-8-4-14-10-9(8)11(16-6-15-10)17-3-1-2-7(13)5-17;/h4,6-7H,1-3,5,13H2,(H,14,15,16);1H/t7-;/m1./s1. The summed E-state index contributed by atoms with van der Waals surface area (Å²) in [6.07, 6.45) is 5.47. The first-order valence-electron chi connectivity index (χ1n) is 5.74. The fraction of sp³-hybridized carbons (Fsp3) is 0.455. The van der Waals surface area contributed by atoms with Gasteiger partial charge < -0.3 is 15.6 Å². The van der Waals surface area contributed by atoms with Crippen molar-refractivity contribution < 1.29 is 0 Å². The van der Waals surface area contributed by atoms with Crippen molar-refractivity contribution in [3.63, 3.8) is 0 Å². The Balaban J connectivity index is 0.00000120. The smallest absolute Gasteiger partial charge is 0.144 e. The molecule has 1 aliphatic heterocycles. The number of nitrogens with zero attached hydrogens (tertiary/aromatic N) is 3. The Morgan fingerprint density at radius 1 is 1.44 bits per heavy atom. The molecule has 18 heavy (non-hydrogen) atoms. The van der Waals surface area contributed by atoms with E-state index >= 15 is 0 Å². The second kappa shape index (κ2) is 5.30. The van der Waals surface area contributed by atoms with E-state index < -0.39 is 0 Å². The lowest BCUT2D eigenvalue weighted by Crippen LogP contribution is -2.43. The van der Waals surface area contributed by atoms with Crippen molar-refractivity contribution in [3.05, 3.63) is 17.5 Å². The zero-order valence-electron chi connectivity index (χ0n) is 9.77. The number of H-pyrrole nitrogens is 1. The van der Waals surface area contributed by atoms with Crippen molar-refractivity contribution in [1.82, 2.24) is 15.0 Å². The number of fused-ring (bicyclic) bond motifs is 1. The minimum Gasteiger partial charge on any atom is -0.354 e. The molecular weight excluding hydrogens is 273 g/mol. The Labute approximate surface area is 116 Å². The number of hydrogen-bond acceptors (Lipinski definition) is 4. The van der Waals surface area contributed by atoms with Crippen LogP contribution in [0, 0.1) is 0 Å². The van der Waals surface area contributed by atoms with Gasteiger partial charge in [-0.25, -0.2) is 9.97 Å². The van der Waals surface area contributed by atoms with E-state index in [0.29, 0.717) is 5.02 Å². The maximum atomic E-state index is 6.16. The van der Waals surface area contributed by atoms with Gasteiger partial charge >= 0.3 is 0 Å². The lowest BCUT2D eigenvalue weighted by molar-refractivity contribution is 0.504. The van der Waals surface area contributed by atoms with Gasteiger partial charge in [-0.15, -0.1) is 12.4 Å². The molecule has 5 nitrogen and oxygen atoms in total. The molecule has 0 spiro atoms.